The molecule has 1 atom stereocenters. The van der Waals surface area contributed by atoms with Crippen molar-refractivity contribution >= 4 is 5.97 Å². The SMILES string of the molecule is COC(=O)C(C1CC1)N(C)Cc1cccc(OC)c1. The second-order valence-corrected chi connectivity index (χ2v) is 5.07. The molecule has 0 heterocycles. The first-order valence-corrected chi connectivity index (χ1v) is 6.56. The van der Waals surface area contributed by atoms with Crippen molar-refractivity contribution in [2.75, 3.05) is 21.3 Å². The molecular weight excluding hydrogens is 242 g/mol. The van der Waals surface area contributed by atoms with E-state index in [-0.39, 0.29) is 12.0 Å². The van der Waals surface area contributed by atoms with E-state index in [9.17, 15) is 4.79 Å². The minimum Gasteiger partial charge on any atom is -0.497 e. The van der Waals surface area contributed by atoms with E-state index in [4.69, 9.17) is 9.47 Å². The maximum atomic E-state index is 11.9. The molecule has 1 aromatic rings. The molecule has 1 aliphatic rings. The van der Waals surface area contributed by atoms with Gasteiger partial charge in [-0.2, -0.15) is 0 Å². The van der Waals surface area contributed by atoms with Gasteiger partial charge in [-0.05, 0) is 43.5 Å². The molecule has 0 aliphatic heterocycles. The summed E-state index contributed by atoms with van der Waals surface area (Å²) in [7, 11) is 5.08. The molecule has 1 fully saturated rings. The first kappa shape index (κ1) is 13.9. The number of carbonyl (C=O) groups excluding carboxylic acids is 1. The first-order valence-electron chi connectivity index (χ1n) is 6.56. The summed E-state index contributed by atoms with van der Waals surface area (Å²) in [6.07, 6.45) is 2.23. The van der Waals surface area contributed by atoms with Crippen LogP contribution in [-0.2, 0) is 16.1 Å². The third kappa shape index (κ3) is 3.47. The van der Waals surface area contributed by atoms with Crippen molar-refractivity contribution in [3.05, 3.63) is 29.8 Å². The van der Waals surface area contributed by atoms with Gasteiger partial charge in [-0.3, -0.25) is 9.69 Å². The number of ether oxygens (including phenoxy) is 2. The third-order valence-electron chi connectivity index (χ3n) is 3.55. The van der Waals surface area contributed by atoms with Crippen molar-refractivity contribution in [3.8, 4) is 5.75 Å². The van der Waals surface area contributed by atoms with E-state index < -0.39 is 0 Å². The molecule has 1 aliphatic carbocycles. The fourth-order valence-electron chi connectivity index (χ4n) is 2.42. The van der Waals surface area contributed by atoms with Crippen LogP contribution in [0, 0.1) is 5.92 Å². The first-order chi connectivity index (χ1) is 9.15. The van der Waals surface area contributed by atoms with Gasteiger partial charge in [0, 0.05) is 6.54 Å². The highest BCUT2D eigenvalue weighted by atomic mass is 16.5. The Balaban J connectivity index is 2.05. The van der Waals surface area contributed by atoms with E-state index in [0.717, 1.165) is 24.2 Å². The molecule has 104 valence electrons. The van der Waals surface area contributed by atoms with Crippen LogP contribution in [-0.4, -0.2) is 38.2 Å². The Kier molecular flexibility index (Phi) is 4.43. The van der Waals surface area contributed by atoms with E-state index in [1.54, 1.807) is 7.11 Å². The van der Waals surface area contributed by atoms with Crippen LogP contribution < -0.4 is 4.74 Å². The molecule has 0 aromatic heterocycles. The molecule has 2 rings (SSSR count). The van der Waals surface area contributed by atoms with Crippen molar-refractivity contribution in [1.82, 2.24) is 4.90 Å². The lowest BCUT2D eigenvalue weighted by atomic mass is 10.1. The van der Waals surface area contributed by atoms with Crippen molar-refractivity contribution < 1.29 is 14.3 Å². The smallest absolute Gasteiger partial charge is 0.323 e. The van der Waals surface area contributed by atoms with Crippen LogP contribution >= 0.6 is 0 Å². The summed E-state index contributed by atoms with van der Waals surface area (Å²) < 4.78 is 10.1. The maximum absolute atomic E-state index is 11.9. The van der Waals surface area contributed by atoms with Gasteiger partial charge in [-0.15, -0.1) is 0 Å². The topological polar surface area (TPSA) is 38.8 Å². The fourth-order valence-corrected chi connectivity index (χ4v) is 2.42. The highest BCUT2D eigenvalue weighted by Crippen LogP contribution is 2.36. The molecule has 0 saturated heterocycles. The number of benzene rings is 1. The van der Waals surface area contributed by atoms with Crippen LogP contribution in [0.15, 0.2) is 24.3 Å². The summed E-state index contributed by atoms with van der Waals surface area (Å²) in [6.45, 7) is 0.716. The summed E-state index contributed by atoms with van der Waals surface area (Å²) in [5.41, 5.74) is 1.14. The molecule has 0 N–H and O–H groups in total. The third-order valence-corrected chi connectivity index (χ3v) is 3.55. The standard InChI is InChI=1S/C15H21NO3/c1-16(14(12-7-8-12)15(17)19-3)10-11-5-4-6-13(9-11)18-2/h4-6,9,12,14H,7-8,10H2,1-3H3. The van der Waals surface area contributed by atoms with Crippen molar-refractivity contribution in [3.63, 3.8) is 0 Å². The highest BCUT2D eigenvalue weighted by molar-refractivity contribution is 5.76. The lowest BCUT2D eigenvalue weighted by Gasteiger charge is -2.26. The molecule has 1 saturated carbocycles. The Bertz CT molecular complexity index is 443. The van der Waals surface area contributed by atoms with Gasteiger partial charge < -0.3 is 9.47 Å². The minimum atomic E-state index is -0.132. The Morgan fingerprint density at radius 1 is 1.42 bits per heavy atom. The predicted octanol–water partition coefficient (Wildman–Crippen LogP) is 2.08. The second-order valence-electron chi connectivity index (χ2n) is 5.07. The molecule has 0 spiro atoms. The zero-order chi connectivity index (χ0) is 13.8. The van der Waals surface area contributed by atoms with Crippen molar-refractivity contribution in [2.24, 2.45) is 5.92 Å². The second kappa shape index (κ2) is 6.06. The van der Waals surface area contributed by atoms with Crippen LogP contribution in [0.4, 0.5) is 0 Å². The summed E-state index contributed by atoms with van der Waals surface area (Å²) in [5, 5.41) is 0. The predicted molar refractivity (Wildman–Crippen MR) is 73.0 cm³/mol. The molecular formula is C15H21NO3. The van der Waals surface area contributed by atoms with E-state index in [1.807, 2.05) is 31.3 Å². The highest BCUT2D eigenvalue weighted by Gasteiger charge is 2.39. The number of hydrogen-bond donors (Lipinski definition) is 0. The normalized spacial score (nSPS) is 16.2. The van der Waals surface area contributed by atoms with Crippen LogP contribution in [0.25, 0.3) is 0 Å². The molecule has 0 bridgehead atoms. The van der Waals surface area contributed by atoms with Crippen LogP contribution in [0.2, 0.25) is 0 Å². The molecule has 4 heteroatoms. The maximum Gasteiger partial charge on any atom is 0.323 e. The monoisotopic (exact) mass is 263 g/mol. The summed E-state index contributed by atoms with van der Waals surface area (Å²) in [4.78, 5) is 13.9. The van der Waals surface area contributed by atoms with Crippen LogP contribution in [0.5, 0.6) is 5.75 Å². The summed E-state index contributed by atoms with van der Waals surface area (Å²) in [5.74, 6) is 1.16. The number of nitrogens with zero attached hydrogens (tertiary/aromatic N) is 1. The van der Waals surface area contributed by atoms with Gasteiger partial charge >= 0.3 is 5.97 Å². The molecule has 1 unspecified atom stereocenters. The fraction of sp³-hybridized carbons (Fsp3) is 0.533. The van der Waals surface area contributed by atoms with Crippen molar-refractivity contribution in [2.45, 2.75) is 25.4 Å². The largest absolute Gasteiger partial charge is 0.497 e. The van der Waals surface area contributed by atoms with Gasteiger partial charge in [-0.1, -0.05) is 12.1 Å². The van der Waals surface area contributed by atoms with Crippen molar-refractivity contribution in [1.29, 1.82) is 0 Å². The van der Waals surface area contributed by atoms with Gasteiger partial charge in [0.25, 0.3) is 0 Å². The number of esters is 1. The van der Waals surface area contributed by atoms with Crippen LogP contribution in [0.1, 0.15) is 18.4 Å². The number of rotatable bonds is 6. The minimum absolute atomic E-state index is 0.129. The average molecular weight is 263 g/mol. The van der Waals surface area contributed by atoms with Crippen LogP contribution in [0.3, 0.4) is 0 Å². The van der Waals surface area contributed by atoms with Gasteiger partial charge in [0.1, 0.15) is 11.8 Å². The van der Waals surface area contributed by atoms with Gasteiger partial charge in [0.15, 0.2) is 0 Å². The van der Waals surface area contributed by atoms with Gasteiger partial charge in [0.05, 0.1) is 14.2 Å². The number of hydrogen-bond acceptors (Lipinski definition) is 4. The number of likely N-dealkylation sites (N-methyl/N-ethyl adjacent to an activating group) is 1. The Labute approximate surface area is 114 Å². The van der Waals surface area contributed by atoms with Gasteiger partial charge in [0.2, 0.25) is 0 Å². The summed E-state index contributed by atoms with van der Waals surface area (Å²) >= 11 is 0. The molecule has 0 radical (unpaired) electrons. The van der Waals surface area contributed by atoms with E-state index in [0.29, 0.717) is 12.5 Å². The van der Waals surface area contributed by atoms with E-state index in [2.05, 4.69) is 4.90 Å². The Morgan fingerprint density at radius 2 is 2.16 bits per heavy atom. The quantitative estimate of drug-likeness (QED) is 0.737. The van der Waals surface area contributed by atoms with E-state index in [1.165, 1.54) is 7.11 Å². The van der Waals surface area contributed by atoms with E-state index >= 15 is 0 Å². The average Bonchev–Trinajstić information content (AvgIpc) is 3.23. The molecule has 0 amide bonds. The molecule has 1 aromatic carbocycles. The summed E-state index contributed by atoms with van der Waals surface area (Å²) in [6, 6.07) is 7.79. The zero-order valence-corrected chi connectivity index (χ0v) is 11.8. The molecule has 4 nitrogen and oxygen atoms in total. The number of methoxy groups -OCH3 is 2. The Morgan fingerprint density at radius 3 is 2.74 bits per heavy atom. The zero-order valence-electron chi connectivity index (χ0n) is 11.8. The lowest BCUT2D eigenvalue weighted by molar-refractivity contribution is -0.147. The Hall–Kier alpha value is -1.55. The molecule has 19 heavy (non-hydrogen) atoms. The number of carbonyl (C=O) groups is 1. The van der Waals surface area contributed by atoms with Gasteiger partial charge in [-0.25, -0.2) is 0 Å². The lowest BCUT2D eigenvalue weighted by Crippen LogP contribution is -2.40.